The molecule has 1 unspecified atom stereocenters. The van der Waals surface area contributed by atoms with Gasteiger partial charge in [-0.15, -0.1) is 0 Å². The lowest BCUT2D eigenvalue weighted by atomic mass is 9.98. The van der Waals surface area contributed by atoms with Crippen molar-refractivity contribution >= 4 is 28.9 Å². The fourth-order valence-electron chi connectivity index (χ4n) is 5.54. The Bertz CT molecular complexity index is 1380. The average molecular weight is 541 g/mol. The predicted molar refractivity (Wildman–Crippen MR) is 162 cm³/mol. The predicted octanol–water partition coefficient (Wildman–Crippen LogP) is 9.03. The summed E-state index contributed by atoms with van der Waals surface area (Å²) in [5.74, 6) is 1.63. The van der Waals surface area contributed by atoms with E-state index in [4.69, 9.17) is 16.0 Å². The Balaban J connectivity index is 1.43. The number of anilines is 2. The molecule has 2 heterocycles. The summed E-state index contributed by atoms with van der Waals surface area (Å²) >= 11 is 6.05. The molecule has 5 heteroatoms. The second-order valence-electron chi connectivity index (χ2n) is 10.4. The molecule has 1 saturated heterocycles. The number of hydrogen-bond acceptors (Lipinski definition) is 3. The van der Waals surface area contributed by atoms with E-state index in [9.17, 15) is 4.79 Å². The Labute approximate surface area is 237 Å². The Morgan fingerprint density at radius 1 is 0.897 bits per heavy atom. The summed E-state index contributed by atoms with van der Waals surface area (Å²) in [5.41, 5.74) is 5.34. The zero-order valence-corrected chi connectivity index (χ0v) is 23.7. The Hall–Kier alpha value is -3.50. The summed E-state index contributed by atoms with van der Waals surface area (Å²) in [6.45, 7) is 7.09. The highest BCUT2D eigenvalue weighted by molar-refractivity contribution is 6.30. The summed E-state index contributed by atoms with van der Waals surface area (Å²) in [5, 5.41) is 0.663. The van der Waals surface area contributed by atoms with E-state index in [1.54, 1.807) is 6.07 Å². The van der Waals surface area contributed by atoms with E-state index in [1.807, 2.05) is 41.3 Å². The molecule has 39 heavy (non-hydrogen) atoms. The van der Waals surface area contributed by atoms with Crippen LogP contribution in [0.25, 0.3) is 11.3 Å². The standard InChI is InChI=1S/C34H37ClN2O2/c1-3-25-8-7-22-36(23-21-25)30-15-17-31(18-16-30)37(24-28-10-6-5-9-26(28)4-2)34(38)33-20-19-32(39-33)27-11-13-29(35)14-12-27/h5-6,9-20,25H,3-4,7-8,21-24H2,1-2H3. The lowest BCUT2D eigenvalue weighted by molar-refractivity contribution is 0.0959. The fraction of sp³-hybridized carbons (Fsp3) is 0.324. The third-order valence-electron chi connectivity index (χ3n) is 7.97. The Kier molecular flexibility index (Phi) is 8.73. The van der Waals surface area contributed by atoms with E-state index in [0.717, 1.165) is 42.2 Å². The quantitative estimate of drug-likeness (QED) is 0.224. The van der Waals surface area contributed by atoms with Gasteiger partial charge in [0.25, 0.3) is 5.91 Å². The molecule has 1 amide bonds. The molecule has 1 aliphatic rings. The largest absolute Gasteiger partial charge is 0.451 e. The molecular weight excluding hydrogens is 504 g/mol. The number of rotatable bonds is 8. The topological polar surface area (TPSA) is 36.7 Å². The second kappa shape index (κ2) is 12.6. The van der Waals surface area contributed by atoms with Gasteiger partial charge in [-0.1, -0.05) is 56.1 Å². The maximum absolute atomic E-state index is 13.9. The van der Waals surface area contributed by atoms with Crippen LogP contribution in [0.5, 0.6) is 0 Å². The van der Waals surface area contributed by atoms with Crippen molar-refractivity contribution in [2.75, 3.05) is 22.9 Å². The lowest BCUT2D eigenvalue weighted by Gasteiger charge is -2.26. The summed E-state index contributed by atoms with van der Waals surface area (Å²) in [4.78, 5) is 18.3. The van der Waals surface area contributed by atoms with Gasteiger partial charge in [-0.25, -0.2) is 0 Å². The third-order valence-corrected chi connectivity index (χ3v) is 8.22. The van der Waals surface area contributed by atoms with Crippen LogP contribution in [-0.4, -0.2) is 19.0 Å². The summed E-state index contributed by atoms with van der Waals surface area (Å²) in [6.07, 6.45) is 5.95. The van der Waals surface area contributed by atoms with E-state index in [-0.39, 0.29) is 5.91 Å². The van der Waals surface area contributed by atoms with Crippen molar-refractivity contribution in [3.8, 4) is 11.3 Å². The van der Waals surface area contributed by atoms with Crippen molar-refractivity contribution < 1.29 is 9.21 Å². The summed E-state index contributed by atoms with van der Waals surface area (Å²) in [7, 11) is 0. The molecule has 1 aliphatic heterocycles. The van der Waals surface area contributed by atoms with E-state index < -0.39 is 0 Å². The van der Waals surface area contributed by atoms with Crippen LogP contribution < -0.4 is 9.80 Å². The molecule has 0 saturated carbocycles. The number of carbonyl (C=O) groups is 1. The van der Waals surface area contributed by atoms with Crippen LogP contribution in [0.3, 0.4) is 0 Å². The second-order valence-corrected chi connectivity index (χ2v) is 10.8. The van der Waals surface area contributed by atoms with E-state index in [1.165, 1.54) is 36.9 Å². The van der Waals surface area contributed by atoms with E-state index in [0.29, 0.717) is 23.1 Å². The van der Waals surface area contributed by atoms with Crippen molar-refractivity contribution in [2.45, 2.75) is 52.5 Å². The van der Waals surface area contributed by atoms with E-state index >= 15 is 0 Å². The first-order chi connectivity index (χ1) is 19.1. The maximum atomic E-state index is 13.9. The Morgan fingerprint density at radius 2 is 1.64 bits per heavy atom. The zero-order valence-electron chi connectivity index (χ0n) is 22.9. The number of hydrogen-bond donors (Lipinski definition) is 0. The molecule has 202 valence electrons. The van der Waals surface area contributed by atoms with Crippen LogP contribution in [0, 0.1) is 5.92 Å². The SMILES string of the molecule is CCc1ccccc1CN(C(=O)c1ccc(-c2ccc(Cl)cc2)o1)c1ccc(N2CCCC(CC)CC2)cc1. The van der Waals surface area contributed by atoms with Crippen LogP contribution in [0.1, 0.15) is 61.2 Å². The highest BCUT2D eigenvalue weighted by Gasteiger charge is 2.23. The van der Waals surface area contributed by atoms with E-state index in [2.05, 4.69) is 61.2 Å². The van der Waals surface area contributed by atoms with Gasteiger partial charge < -0.3 is 14.2 Å². The van der Waals surface area contributed by atoms with Gasteiger partial charge in [-0.3, -0.25) is 4.79 Å². The molecule has 1 fully saturated rings. The molecule has 0 radical (unpaired) electrons. The molecule has 1 aromatic heterocycles. The van der Waals surface area contributed by atoms with Gasteiger partial charge in [0, 0.05) is 35.1 Å². The normalized spacial score (nSPS) is 15.7. The number of nitrogens with zero attached hydrogens (tertiary/aromatic N) is 2. The Morgan fingerprint density at radius 3 is 2.36 bits per heavy atom. The van der Waals surface area contributed by atoms with Crippen molar-refractivity contribution in [3.05, 3.63) is 107 Å². The molecule has 3 aromatic carbocycles. The van der Waals surface area contributed by atoms with Crippen LogP contribution in [-0.2, 0) is 13.0 Å². The van der Waals surface area contributed by atoms with Gasteiger partial charge in [0.05, 0.1) is 6.54 Å². The molecule has 0 bridgehead atoms. The smallest absolute Gasteiger partial charge is 0.294 e. The number of halogens is 1. The van der Waals surface area contributed by atoms with Crippen LogP contribution in [0.15, 0.2) is 89.3 Å². The first kappa shape index (κ1) is 27.1. The molecule has 4 aromatic rings. The van der Waals surface area contributed by atoms with Crippen LogP contribution in [0.4, 0.5) is 11.4 Å². The first-order valence-corrected chi connectivity index (χ1v) is 14.5. The van der Waals surface area contributed by atoms with Gasteiger partial charge in [0.2, 0.25) is 0 Å². The van der Waals surface area contributed by atoms with Gasteiger partial charge in [0.15, 0.2) is 5.76 Å². The number of furan rings is 1. The molecule has 4 nitrogen and oxygen atoms in total. The molecule has 0 aliphatic carbocycles. The average Bonchev–Trinajstić information content (AvgIpc) is 3.35. The highest BCUT2D eigenvalue weighted by atomic mass is 35.5. The molecule has 1 atom stereocenters. The first-order valence-electron chi connectivity index (χ1n) is 14.1. The lowest BCUT2D eigenvalue weighted by Crippen LogP contribution is -2.30. The monoisotopic (exact) mass is 540 g/mol. The number of benzene rings is 3. The minimum Gasteiger partial charge on any atom is -0.451 e. The van der Waals surface area contributed by atoms with Crippen molar-refractivity contribution in [1.29, 1.82) is 0 Å². The van der Waals surface area contributed by atoms with Gasteiger partial charge in [-0.05, 0) is 103 Å². The zero-order chi connectivity index (χ0) is 27.2. The fourth-order valence-corrected chi connectivity index (χ4v) is 5.66. The molecular formula is C34H37ClN2O2. The molecule has 5 rings (SSSR count). The van der Waals surface area contributed by atoms with Crippen molar-refractivity contribution in [3.63, 3.8) is 0 Å². The van der Waals surface area contributed by atoms with Gasteiger partial charge in [0.1, 0.15) is 5.76 Å². The van der Waals surface area contributed by atoms with Gasteiger partial charge >= 0.3 is 0 Å². The molecule has 0 spiro atoms. The minimum atomic E-state index is -0.158. The van der Waals surface area contributed by atoms with Crippen molar-refractivity contribution in [2.24, 2.45) is 5.92 Å². The molecule has 0 N–H and O–H groups in total. The highest BCUT2D eigenvalue weighted by Crippen LogP contribution is 2.30. The maximum Gasteiger partial charge on any atom is 0.294 e. The summed E-state index contributed by atoms with van der Waals surface area (Å²) in [6, 6.07) is 27.9. The van der Waals surface area contributed by atoms with Crippen LogP contribution >= 0.6 is 11.6 Å². The minimum absolute atomic E-state index is 0.158. The third kappa shape index (κ3) is 6.39. The van der Waals surface area contributed by atoms with Gasteiger partial charge in [-0.2, -0.15) is 0 Å². The number of amides is 1. The van der Waals surface area contributed by atoms with Crippen LogP contribution in [0.2, 0.25) is 5.02 Å². The number of carbonyl (C=O) groups excluding carboxylic acids is 1. The summed E-state index contributed by atoms with van der Waals surface area (Å²) < 4.78 is 6.08. The number of aryl methyl sites for hydroxylation is 1. The van der Waals surface area contributed by atoms with Crippen molar-refractivity contribution in [1.82, 2.24) is 0 Å².